The molecule has 1 aliphatic carbocycles. The second-order valence-electron chi connectivity index (χ2n) is 9.84. The average molecular weight is 443 g/mol. The van der Waals surface area contributed by atoms with Crippen LogP contribution < -0.4 is 5.56 Å². The molecular weight excluding hydrogens is 408 g/mol. The van der Waals surface area contributed by atoms with Gasteiger partial charge in [-0.1, -0.05) is 12.8 Å². The van der Waals surface area contributed by atoms with Crippen LogP contribution in [0.4, 0.5) is 0 Å². The largest absolute Gasteiger partial charge is 0.368 e. The van der Waals surface area contributed by atoms with Gasteiger partial charge < -0.3 is 19.5 Å². The second-order valence-corrected chi connectivity index (χ2v) is 9.84. The van der Waals surface area contributed by atoms with E-state index in [0.29, 0.717) is 56.4 Å². The van der Waals surface area contributed by atoms with Gasteiger partial charge in [0.05, 0.1) is 23.8 Å². The third kappa shape index (κ3) is 4.34. The molecule has 1 aromatic heterocycles. The molecule has 32 heavy (non-hydrogen) atoms. The number of nitrogens with zero attached hydrogens (tertiary/aromatic N) is 3. The van der Waals surface area contributed by atoms with Crippen molar-refractivity contribution in [1.29, 1.82) is 0 Å². The lowest BCUT2D eigenvalue weighted by Crippen LogP contribution is -2.45. The third-order valence-electron chi connectivity index (χ3n) is 7.68. The third-order valence-corrected chi connectivity index (χ3v) is 7.68. The van der Waals surface area contributed by atoms with E-state index in [1.54, 1.807) is 0 Å². The van der Waals surface area contributed by atoms with E-state index in [1.165, 1.54) is 12.8 Å². The molecule has 3 fully saturated rings. The number of piperidine rings is 1. The van der Waals surface area contributed by atoms with Crippen LogP contribution in [0.5, 0.6) is 0 Å². The molecule has 0 radical (unpaired) electrons. The van der Waals surface area contributed by atoms with Crippen molar-refractivity contribution < 1.29 is 14.3 Å². The standard InChI is InChI=1S/C24H34N4O4/c29-21(14-16-6-1-2-7-16)27-12-10-18-17(15-27)23(30)26-22(25-18)19-8-3-4-11-28(19)24(31)20-9-5-13-32-20/h16,19-20H,1-15H2,(H,25,26,30)/t19-,20-/m0/s1. The molecule has 5 rings (SSSR count). The van der Waals surface area contributed by atoms with Crippen molar-refractivity contribution in [3.8, 4) is 0 Å². The second kappa shape index (κ2) is 9.33. The highest BCUT2D eigenvalue weighted by Crippen LogP contribution is 2.32. The highest BCUT2D eigenvalue weighted by atomic mass is 16.5. The fraction of sp³-hybridized carbons (Fsp3) is 0.750. The van der Waals surface area contributed by atoms with E-state index >= 15 is 0 Å². The monoisotopic (exact) mass is 442 g/mol. The first-order chi connectivity index (χ1) is 15.6. The fourth-order valence-corrected chi connectivity index (χ4v) is 5.84. The molecular formula is C24H34N4O4. The van der Waals surface area contributed by atoms with Gasteiger partial charge in [0.25, 0.3) is 11.5 Å². The minimum Gasteiger partial charge on any atom is -0.368 e. The zero-order chi connectivity index (χ0) is 22.1. The first kappa shape index (κ1) is 21.6. The van der Waals surface area contributed by atoms with Crippen molar-refractivity contribution in [2.45, 2.75) is 89.3 Å². The van der Waals surface area contributed by atoms with Gasteiger partial charge in [-0.25, -0.2) is 4.98 Å². The van der Waals surface area contributed by atoms with Crippen LogP contribution in [0.15, 0.2) is 4.79 Å². The zero-order valence-electron chi connectivity index (χ0n) is 18.8. The summed E-state index contributed by atoms with van der Waals surface area (Å²) in [7, 11) is 0. The van der Waals surface area contributed by atoms with Crippen molar-refractivity contribution >= 4 is 11.8 Å². The maximum Gasteiger partial charge on any atom is 0.256 e. The molecule has 2 amide bonds. The summed E-state index contributed by atoms with van der Waals surface area (Å²) in [5, 5.41) is 0. The normalized spacial score (nSPS) is 26.4. The summed E-state index contributed by atoms with van der Waals surface area (Å²) in [4.78, 5) is 50.3. The molecule has 0 spiro atoms. The van der Waals surface area contributed by atoms with Crippen LogP contribution in [0.2, 0.25) is 0 Å². The Bertz CT molecular complexity index is 917. The van der Waals surface area contributed by atoms with Crippen LogP contribution in [0.1, 0.15) is 87.3 Å². The average Bonchev–Trinajstić information content (AvgIpc) is 3.53. The van der Waals surface area contributed by atoms with E-state index < -0.39 is 0 Å². The lowest BCUT2D eigenvalue weighted by atomic mass is 9.98. The van der Waals surface area contributed by atoms with Gasteiger partial charge in [0.1, 0.15) is 11.9 Å². The quantitative estimate of drug-likeness (QED) is 0.773. The van der Waals surface area contributed by atoms with Crippen molar-refractivity contribution in [2.24, 2.45) is 5.92 Å². The number of H-pyrrole nitrogens is 1. The van der Waals surface area contributed by atoms with Gasteiger partial charge >= 0.3 is 0 Å². The van der Waals surface area contributed by atoms with Crippen LogP contribution in [-0.4, -0.2) is 57.4 Å². The van der Waals surface area contributed by atoms with Crippen molar-refractivity contribution in [2.75, 3.05) is 19.7 Å². The number of ether oxygens (including phenoxy) is 1. The summed E-state index contributed by atoms with van der Waals surface area (Å²) < 4.78 is 5.63. The Labute approximate surface area is 188 Å². The van der Waals surface area contributed by atoms with Crippen molar-refractivity contribution in [3.05, 3.63) is 27.4 Å². The minimum atomic E-state index is -0.362. The predicted octanol–water partition coefficient (Wildman–Crippen LogP) is 2.47. The van der Waals surface area contributed by atoms with Crippen LogP contribution in [0.3, 0.4) is 0 Å². The summed E-state index contributed by atoms with van der Waals surface area (Å²) in [6.45, 7) is 2.26. The van der Waals surface area contributed by atoms with Gasteiger partial charge in [0.2, 0.25) is 5.91 Å². The number of aromatic nitrogens is 2. The summed E-state index contributed by atoms with van der Waals surface area (Å²) in [5.74, 6) is 1.27. The van der Waals surface area contributed by atoms with Crippen molar-refractivity contribution in [1.82, 2.24) is 19.8 Å². The zero-order valence-corrected chi connectivity index (χ0v) is 18.8. The van der Waals surface area contributed by atoms with Crippen molar-refractivity contribution in [3.63, 3.8) is 0 Å². The molecule has 174 valence electrons. The minimum absolute atomic E-state index is 0.0243. The SMILES string of the molecule is O=C(CC1CCCC1)N1CCc2nc([C@@H]3CCCCN3C(=O)[C@@H]3CCCO3)[nH]c(=O)c2C1. The summed E-state index contributed by atoms with van der Waals surface area (Å²) in [5.41, 5.74) is 1.22. The lowest BCUT2D eigenvalue weighted by Gasteiger charge is -2.37. The molecule has 4 heterocycles. The summed E-state index contributed by atoms with van der Waals surface area (Å²) in [6, 6.07) is -0.208. The van der Waals surface area contributed by atoms with Gasteiger partial charge in [0, 0.05) is 32.5 Å². The lowest BCUT2D eigenvalue weighted by molar-refractivity contribution is -0.145. The molecule has 2 saturated heterocycles. The number of likely N-dealkylation sites (tertiary alicyclic amines) is 1. The van der Waals surface area contributed by atoms with Crippen LogP contribution in [0.25, 0.3) is 0 Å². The van der Waals surface area contributed by atoms with Gasteiger partial charge in [0.15, 0.2) is 0 Å². The Kier molecular flexibility index (Phi) is 6.31. The van der Waals surface area contributed by atoms with Gasteiger partial charge in [-0.2, -0.15) is 0 Å². The molecule has 2 atom stereocenters. The molecule has 1 N–H and O–H groups in total. The van der Waals surface area contributed by atoms with Crippen LogP contribution in [-0.2, 0) is 27.3 Å². The smallest absolute Gasteiger partial charge is 0.256 e. The molecule has 1 aromatic rings. The highest BCUT2D eigenvalue weighted by Gasteiger charge is 2.36. The Balaban J connectivity index is 1.32. The van der Waals surface area contributed by atoms with Gasteiger partial charge in [-0.3, -0.25) is 14.4 Å². The molecule has 0 unspecified atom stereocenters. The van der Waals surface area contributed by atoms with E-state index in [1.807, 2.05) is 9.80 Å². The number of carbonyl (C=O) groups is 2. The maximum atomic E-state index is 13.1. The Morgan fingerprint density at radius 2 is 1.84 bits per heavy atom. The Morgan fingerprint density at radius 3 is 2.62 bits per heavy atom. The Hall–Kier alpha value is -2.22. The van der Waals surface area contributed by atoms with Crippen LogP contribution >= 0.6 is 0 Å². The highest BCUT2D eigenvalue weighted by molar-refractivity contribution is 5.81. The van der Waals surface area contributed by atoms with Crippen LogP contribution in [0, 0.1) is 5.92 Å². The molecule has 0 aromatic carbocycles. The van der Waals surface area contributed by atoms with Gasteiger partial charge in [-0.05, 0) is 50.9 Å². The molecule has 3 aliphatic heterocycles. The number of amides is 2. The number of nitrogens with one attached hydrogen (secondary N) is 1. The molecule has 1 saturated carbocycles. The van der Waals surface area contributed by atoms with E-state index in [2.05, 4.69) is 4.98 Å². The topological polar surface area (TPSA) is 95.6 Å². The number of rotatable bonds is 4. The van der Waals surface area contributed by atoms with E-state index in [4.69, 9.17) is 9.72 Å². The first-order valence-electron chi connectivity index (χ1n) is 12.4. The number of fused-ring (bicyclic) bond motifs is 1. The predicted molar refractivity (Wildman–Crippen MR) is 118 cm³/mol. The number of hydrogen-bond acceptors (Lipinski definition) is 5. The molecule has 0 bridgehead atoms. The Morgan fingerprint density at radius 1 is 1.03 bits per heavy atom. The molecule has 8 nitrogen and oxygen atoms in total. The first-order valence-corrected chi connectivity index (χ1v) is 12.4. The number of aromatic amines is 1. The van der Waals surface area contributed by atoms with E-state index in [-0.39, 0.29) is 29.5 Å². The fourth-order valence-electron chi connectivity index (χ4n) is 5.84. The summed E-state index contributed by atoms with van der Waals surface area (Å²) >= 11 is 0. The molecule has 4 aliphatic rings. The van der Waals surface area contributed by atoms with E-state index in [0.717, 1.165) is 50.6 Å². The van der Waals surface area contributed by atoms with Gasteiger partial charge in [-0.15, -0.1) is 0 Å². The maximum absolute atomic E-state index is 13.1. The number of hydrogen-bond donors (Lipinski definition) is 1. The number of carbonyl (C=O) groups excluding carboxylic acids is 2. The summed E-state index contributed by atoms with van der Waals surface area (Å²) in [6.07, 6.45) is 10.0. The molecule has 8 heteroatoms. The van der Waals surface area contributed by atoms with E-state index in [9.17, 15) is 14.4 Å².